The lowest BCUT2D eigenvalue weighted by atomic mass is 10.0. The van der Waals surface area contributed by atoms with E-state index in [2.05, 4.69) is 42.3 Å². The molecule has 17 heavy (non-hydrogen) atoms. The van der Waals surface area contributed by atoms with Gasteiger partial charge >= 0.3 is 0 Å². The standard InChI is InChI=1S/C14H24N2O/c1-11-5-6-13(9-12(11)2)14(10-17)15-7-8-16(3)4/h5-6,9,14-15,17H,7-8,10H2,1-4H3. The molecule has 0 heterocycles. The molecule has 0 aliphatic heterocycles. The van der Waals surface area contributed by atoms with Crippen molar-refractivity contribution in [2.24, 2.45) is 0 Å². The van der Waals surface area contributed by atoms with Gasteiger partial charge in [-0.15, -0.1) is 0 Å². The van der Waals surface area contributed by atoms with Crippen molar-refractivity contribution in [3.63, 3.8) is 0 Å². The van der Waals surface area contributed by atoms with Gasteiger partial charge in [-0.05, 0) is 44.6 Å². The predicted octanol–water partition coefficient (Wildman–Crippen LogP) is 1.49. The molecule has 1 atom stereocenters. The van der Waals surface area contributed by atoms with Crippen LogP contribution in [0.4, 0.5) is 0 Å². The zero-order valence-electron chi connectivity index (χ0n) is 11.3. The average Bonchev–Trinajstić information content (AvgIpc) is 2.28. The fourth-order valence-electron chi connectivity index (χ4n) is 1.73. The van der Waals surface area contributed by atoms with E-state index in [1.54, 1.807) is 0 Å². The molecule has 0 aromatic heterocycles. The molecule has 2 N–H and O–H groups in total. The van der Waals surface area contributed by atoms with Gasteiger partial charge in [0.25, 0.3) is 0 Å². The smallest absolute Gasteiger partial charge is 0.0626 e. The summed E-state index contributed by atoms with van der Waals surface area (Å²) in [5, 5.41) is 12.8. The Morgan fingerprint density at radius 2 is 1.94 bits per heavy atom. The maximum atomic E-state index is 9.43. The molecule has 0 amide bonds. The molecule has 0 radical (unpaired) electrons. The van der Waals surface area contributed by atoms with Crippen LogP contribution in [0.3, 0.4) is 0 Å². The van der Waals surface area contributed by atoms with Crippen molar-refractivity contribution < 1.29 is 5.11 Å². The molecule has 0 aliphatic carbocycles. The Morgan fingerprint density at radius 3 is 2.47 bits per heavy atom. The van der Waals surface area contributed by atoms with Crippen molar-refractivity contribution in [2.75, 3.05) is 33.8 Å². The van der Waals surface area contributed by atoms with Crippen LogP contribution in [0.1, 0.15) is 22.7 Å². The number of hydrogen-bond donors (Lipinski definition) is 2. The van der Waals surface area contributed by atoms with Crippen molar-refractivity contribution in [2.45, 2.75) is 19.9 Å². The van der Waals surface area contributed by atoms with Crippen molar-refractivity contribution in [1.82, 2.24) is 10.2 Å². The van der Waals surface area contributed by atoms with E-state index in [1.165, 1.54) is 11.1 Å². The number of likely N-dealkylation sites (N-methyl/N-ethyl adjacent to an activating group) is 1. The number of benzene rings is 1. The largest absolute Gasteiger partial charge is 0.394 e. The van der Waals surface area contributed by atoms with E-state index in [0.29, 0.717) is 0 Å². The van der Waals surface area contributed by atoms with Crippen LogP contribution in [-0.2, 0) is 0 Å². The monoisotopic (exact) mass is 236 g/mol. The highest BCUT2D eigenvalue weighted by atomic mass is 16.3. The first-order chi connectivity index (χ1) is 8.04. The molecule has 1 rings (SSSR count). The van der Waals surface area contributed by atoms with Gasteiger partial charge in [-0.1, -0.05) is 18.2 Å². The van der Waals surface area contributed by atoms with Crippen molar-refractivity contribution in [3.05, 3.63) is 34.9 Å². The minimum atomic E-state index is 0.0363. The summed E-state index contributed by atoms with van der Waals surface area (Å²) in [4.78, 5) is 2.13. The van der Waals surface area contributed by atoms with Crippen molar-refractivity contribution >= 4 is 0 Å². The zero-order chi connectivity index (χ0) is 12.8. The molecule has 96 valence electrons. The molecule has 0 saturated heterocycles. The first-order valence-corrected chi connectivity index (χ1v) is 6.10. The van der Waals surface area contributed by atoms with Gasteiger partial charge in [-0.3, -0.25) is 0 Å². The molecule has 1 unspecified atom stereocenters. The van der Waals surface area contributed by atoms with Crippen LogP contribution in [-0.4, -0.2) is 43.8 Å². The Bertz CT molecular complexity index is 350. The SMILES string of the molecule is Cc1ccc(C(CO)NCCN(C)C)cc1C. The van der Waals surface area contributed by atoms with E-state index < -0.39 is 0 Å². The maximum absolute atomic E-state index is 9.43. The summed E-state index contributed by atoms with van der Waals surface area (Å²) in [6.45, 7) is 6.20. The highest BCUT2D eigenvalue weighted by Crippen LogP contribution is 2.16. The van der Waals surface area contributed by atoms with Gasteiger partial charge in [0.1, 0.15) is 0 Å². The number of nitrogens with one attached hydrogen (secondary N) is 1. The summed E-state index contributed by atoms with van der Waals surface area (Å²) < 4.78 is 0. The molecule has 0 spiro atoms. The lowest BCUT2D eigenvalue weighted by Gasteiger charge is -2.19. The topological polar surface area (TPSA) is 35.5 Å². The minimum absolute atomic E-state index is 0.0363. The third-order valence-corrected chi connectivity index (χ3v) is 3.07. The van der Waals surface area contributed by atoms with E-state index in [0.717, 1.165) is 18.7 Å². The fraction of sp³-hybridized carbons (Fsp3) is 0.571. The van der Waals surface area contributed by atoms with Crippen LogP contribution in [0.5, 0.6) is 0 Å². The first-order valence-electron chi connectivity index (χ1n) is 6.10. The van der Waals surface area contributed by atoms with Crippen LogP contribution >= 0.6 is 0 Å². The molecular formula is C14H24N2O. The summed E-state index contributed by atoms with van der Waals surface area (Å²) in [7, 11) is 4.09. The molecular weight excluding hydrogens is 212 g/mol. The normalized spacial score (nSPS) is 13.1. The van der Waals surface area contributed by atoms with Gasteiger partial charge in [-0.25, -0.2) is 0 Å². The number of aliphatic hydroxyl groups is 1. The van der Waals surface area contributed by atoms with Gasteiger partial charge in [0, 0.05) is 13.1 Å². The number of aliphatic hydroxyl groups excluding tert-OH is 1. The summed E-state index contributed by atoms with van der Waals surface area (Å²) in [5.74, 6) is 0. The number of nitrogens with zero attached hydrogens (tertiary/aromatic N) is 1. The van der Waals surface area contributed by atoms with Gasteiger partial charge < -0.3 is 15.3 Å². The second kappa shape index (κ2) is 6.74. The number of aryl methyl sites for hydroxylation is 2. The number of rotatable bonds is 6. The van der Waals surface area contributed by atoms with Crippen LogP contribution in [0.25, 0.3) is 0 Å². The maximum Gasteiger partial charge on any atom is 0.0626 e. The van der Waals surface area contributed by atoms with Crippen LogP contribution in [0.15, 0.2) is 18.2 Å². The first kappa shape index (κ1) is 14.2. The van der Waals surface area contributed by atoms with Gasteiger partial charge in [0.2, 0.25) is 0 Å². The molecule has 0 fully saturated rings. The lowest BCUT2D eigenvalue weighted by molar-refractivity contribution is 0.240. The average molecular weight is 236 g/mol. The van der Waals surface area contributed by atoms with Gasteiger partial charge in [-0.2, -0.15) is 0 Å². The Labute approximate surface area is 104 Å². The second-order valence-electron chi connectivity index (χ2n) is 4.84. The highest BCUT2D eigenvalue weighted by molar-refractivity contribution is 5.31. The Kier molecular flexibility index (Phi) is 5.62. The van der Waals surface area contributed by atoms with Crippen LogP contribution in [0.2, 0.25) is 0 Å². The molecule has 3 nitrogen and oxygen atoms in total. The molecule has 0 saturated carbocycles. The third kappa shape index (κ3) is 4.46. The van der Waals surface area contributed by atoms with Crippen LogP contribution < -0.4 is 5.32 Å². The van der Waals surface area contributed by atoms with E-state index in [-0.39, 0.29) is 12.6 Å². The number of hydrogen-bond acceptors (Lipinski definition) is 3. The summed E-state index contributed by atoms with van der Waals surface area (Å²) >= 11 is 0. The highest BCUT2D eigenvalue weighted by Gasteiger charge is 2.10. The summed E-state index contributed by atoms with van der Waals surface area (Å²) in [5.41, 5.74) is 3.73. The molecule has 1 aromatic rings. The third-order valence-electron chi connectivity index (χ3n) is 3.07. The quantitative estimate of drug-likeness (QED) is 0.785. The molecule has 1 aromatic carbocycles. The molecule has 0 aliphatic rings. The predicted molar refractivity (Wildman–Crippen MR) is 72.3 cm³/mol. The van der Waals surface area contributed by atoms with Gasteiger partial charge in [0.15, 0.2) is 0 Å². The zero-order valence-corrected chi connectivity index (χ0v) is 11.3. The Balaban J connectivity index is 2.62. The van der Waals surface area contributed by atoms with Crippen molar-refractivity contribution in [3.8, 4) is 0 Å². The molecule has 0 bridgehead atoms. The van der Waals surface area contributed by atoms with E-state index >= 15 is 0 Å². The molecule has 3 heteroatoms. The fourth-order valence-corrected chi connectivity index (χ4v) is 1.73. The van der Waals surface area contributed by atoms with Gasteiger partial charge in [0.05, 0.1) is 12.6 Å². The van der Waals surface area contributed by atoms with E-state index in [1.807, 2.05) is 14.1 Å². The second-order valence-corrected chi connectivity index (χ2v) is 4.84. The Morgan fingerprint density at radius 1 is 1.24 bits per heavy atom. The lowest BCUT2D eigenvalue weighted by Crippen LogP contribution is -2.31. The van der Waals surface area contributed by atoms with Crippen LogP contribution in [0, 0.1) is 13.8 Å². The minimum Gasteiger partial charge on any atom is -0.394 e. The summed E-state index contributed by atoms with van der Waals surface area (Å²) in [6.07, 6.45) is 0. The van der Waals surface area contributed by atoms with Crippen molar-refractivity contribution in [1.29, 1.82) is 0 Å². The summed E-state index contributed by atoms with van der Waals surface area (Å²) in [6, 6.07) is 6.39. The van der Waals surface area contributed by atoms with E-state index in [4.69, 9.17) is 0 Å². The van der Waals surface area contributed by atoms with E-state index in [9.17, 15) is 5.11 Å². The Hall–Kier alpha value is -0.900.